The fourth-order valence-electron chi connectivity index (χ4n) is 5.89. The number of carbonyl (C=O) groups is 2. The quantitative estimate of drug-likeness (QED) is 0.174. The molecule has 2 amide bonds. The van der Waals surface area contributed by atoms with Crippen molar-refractivity contribution in [3.63, 3.8) is 0 Å². The molecular formula is C37H40ClN3O5S. The summed E-state index contributed by atoms with van der Waals surface area (Å²) in [5.74, 6) is -0.371. The van der Waals surface area contributed by atoms with Gasteiger partial charge >= 0.3 is 0 Å². The summed E-state index contributed by atoms with van der Waals surface area (Å²) in [6.07, 6.45) is 4.07. The van der Waals surface area contributed by atoms with Crippen LogP contribution in [0.1, 0.15) is 42.4 Å². The predicted molar refractivity (Wildman–Crippen MR) is 185 cm³/mol. The highest BCUT2D eigenvalue weighted by atomic mass is 35.5. The van der Waals surface area contributed by atoms with Crippen LogP contribution < -0.4 is 14.4 Å². The molecule has 246 valence electrons. The van der Waals surface area contributed by atoms with Gasteiger partial charge in [-0.15, -0.1) is 0 Å². The van der Waals surface area contributed by atoms with E-state index in [0.717, 1.165) is 41.1 Å². The first-order valence-corrected chi connectivity index (χ1v) is 17.6. The Bertz CT molecular complexity index is 1780. The van der Waals surface area contributed by atoms with Crippen LogP contribution in [0.4, 0.5) is 5.69 Å². The van der Waals surface area contributed by atoms with E-state index < -0.39 is 28.5 Å². The van der Waals surface area contributed by atoms with E-state index in [1.807, 2.05) is 43.3 Å². The first kappa shape index (κ1) is 34.0. The molecule has 4 aromatic rings. The summed E-state index contributed by atoms with van der Waals surface area (Å²) in [5, 5.41) is 3.68. The van der Waals surface area contributed by atoms with Gasteiger partial charge in [0, 0.05) is 30.1 Å². The van der Waals surface area contributed by atoms with Crippen molar-refractivity contribution in [3.8, 4) is 5.75 Å². The van der Waals surface area contributed by atoms with Gasteiger partial charge in [0.1, 0.15) is 18.3 Å². The van der Waals surface area contributed by atoms with Gasteiger partial charge in [-0.3, -0.25) is 13.9 Å². The zero-order chi connectivity index (χ0) is 33.4. The number of rotatable bonds is 13. The van der Waals surface area contributed by atoms with Crippen LogP contribution >= 0.6 is 11.6 Å². The van der Waals surface area contributed by atoms with Gasteiger partial charge in [-0.05, 0) is 67.3 Å². The molecule has 1 fully saturated rings. The van der Waals surface area contributed by atoms with Gasteiger partial charge in [0.25, 0.3) is 10.0 Å². The Morgan fingerprint density at radius 3 is 2.26 bits per heavy atom. The summed E-state index contributed by atoms with van der Waals surface area (Å²) in [6.45, 7) is 1.37. The number of aryl methyl sites for hydroxylation is 1. The summed E-state index contributed by atoms with van der Waals surface area (Å²) < 4.78 is 35.0. The molecule has 0 saturated heterocycles. The highest BCUT2D eigenvalue weighted by Gasteiger charge is 2.35. The number of nitrogens with one attached hydrogen (secondary N) is 1. The molecule has 0 heterocycles. The van der Waals surface area contributed by atoms with E-state index in [9.17, 15) is 18.0 Å². The lowest BCUT2D eigenvalue weighted by molar-refractivity contribution is -0.140. The summed E-state index contributed by atoms with van der Waals surface area (Å²) in [5.41, 5.74) is 2.75. The molecule has 1 aliphatic rings. The van der Waals surface area contributed by atoms with E-state index in [2.05, 4.69) is 5.32 Å². The third kappa shape index (κ3) is 8.73. The Labute approximate surface area is 282 Å². The molecule has 5 rings (SSSR count). The average Bonchev–Trinajstić information content (AvgIpc) is 3.59. The molecule has 10 heteroatoms. The van der Waals surface area contributed by atoms with Gasteiger partial charge < -0.3 is 15.0 Å². The first-order valence-electron chi connectivity index (χ1n) is 15.8. The second kappa shape index (κ2) is 15.5. The number of sulfonamides is 1. The molecule has 1 unspecified atom stereocenters. The number of amides is 2. The normalized spacial score (nSPS) is 13.9. The summed E-state index contributed by atoms with van der Waals surface area (Å²) >= 11 is 6.34. The zero-order valence-electron chi connectivity index (χ0n) is 26.6. The molecule has 47 heavy (non-hydrogen) atoms. The van der Waals surface area contributed by atoms with E-state index in [-0.39, 0.29) is 35.5 Å². The van der Waals surface area contributed by atoms with Crippen molar-refractivity contribution in [1.82, 2.24) is 10.2 Å². The molecule has 4 aromatic carbocycles. The van der Waals surface area contributed by atoms with Crippen LogP contribution in [0.2, 0.25) is 5.02 Å². The lowest BCUT2D eigenvalue weighted by Crippen LogP contribution is -2.54. The van der Waals surface area contributed by atoms with E-state index in [4.69, 9.17) is 16.3 Å². The second-order valence-electron chi connectivity index (χ2n) is 11.9. The average molecular weight is 674 g/mol. The molecule has 1 aliphatic carbocycles. The third-order valence-corrected chi connectivity index (χ3v) is 10.5. The van der Waals surface area contributed by atoms with E-state index in [1.165, 1.54) is 24.1 Å². The summed E-state index contributed by atoms with van der Waals surface area (Å²) in [4.78, 5) is 30.3. The van der Waals surface area contributed by atoms with Crippen molar-refractivity contribution in [1.29, 1.82) is 0 Å². The Hall–Kier alpha value is -4.34. The molecule has 0 aromatic heterocycles. The minimum atomic E-state index is -4.22. The molecule has 1 atom stereocenters. The second-order valence-corrected chi connectivity index (χ2v) is 14.2. The van der Waals surface area contributed by atoms with Crippen LogP contribution in [0.5, 0.6) is 5.75 Å². The number of benzene rings is 4. The minimum Gasteiger partial charge on any atom is -0.497 e. The number of methoxy groups -OCH3 is 1. The Balaban J connectivity index is 1.58. The maximum absolute atomic E-state index is 14.7. The Morgan fingerprint density at radius 1 is 0.894 bits per heavy atom. The first-order chi connectivity index (χ1) is 22.6. The molecule has 1 saturated carbocycles. The number of hydrogen-bond acceptors (Lipinski definition) is 5. The van der Waals surface area contributed by atoms with Crippen molar-refractivity contribution >= 4 is 39.1 Å². The standard InChI is InChI=1S/C37H40ClN3O5S/c1-27-18-20-34(21-19-27)47(44,45)41(32-16-9-17-33(24-32)46-2)26-36(42)40(25-29-12-8-13-30(38)22-29)35(23-28-10-4-3-5-11-28)37(43)39-31-14-6-7-15-31/h3-5,8-13,16-22,24,31,35H,6-7,14-15,23,25-26H2,1-2H3,(H,39,43). The van der Waals surface area contributed by atoms with E-state index in [1.54, 1.807) is 54.6 Å². The Kier molecular flexibility index (Phi) is 11.2. The molecule has 0 spiro atoms. The fourth-order valence-corrected chi connectivity index (χ4v) is 7.50. The van der Waals surface area contributed by atoms with Crippen LogP contribution in [0.15, 0.2) is 108 Å². The molecule has 0 aliphatic heterocycles. The van der Waals surface area contributed by atoms with Crippen LogP contribution in [0, 0.1) is 6.92 Å². The fraction of sp³-hybridized carbons (Fsp3) is 0.297. The SMILES string of the molecule is COc1cccc(N(CC(=O)N(Cc2cccc(Cl)c2)C(Cc2ccccc2)C(=O)NC2CCCC2)S(=O)(=O)c2ccc(C)cc2)c1. The number of halogens is 1. The Morgan fingerprint density at radius 2 is 1.57 bits per heavy atom. The van der Waals surface area contributed by atoms with Crippen LogP contribution in [-0.4, -0.2) is 50.9 Å². The van der Waals surface area contributed by atoms with Crippen molar-refractivity contribution < 1.29 is 22.7 Å². The number of ether oxygens (including phenoxy) is 1. The van der Waals surface area contributed by atoms with E-state index >= 15 is 0 Å². The lowest BCUT2D eigenvalue weighted by atomic mass is 10.0. The van der Waals surface area contributed by atoms with Gasteiger partial charge in [0.05, 0.1) is 17.7 Å². The highest BCUT2D eigenvalue weighted by molar-refractivity contribution is 7.92. The maximum Gasteiger partial charge on any atom is 0.264 e. The van der Waals surface area contributed by atoms with Crippen LogP contribution in [-0.2, 0) is 32.6 Å². The molecule has 1 N–H and O–H groups in total. The lowest BCUT2D eigenvalue weighted by Gasteiger charge is -2.34. The van der Waals surface area contributed by atoms with Gasteiger partial charge in [0.15, 0.2) is 0 Å². The van der Waals surface area contributed by atoms with Gasteiger partial charge in [-0.25, -0.2) is 8.42 Å². The maximum atomic E-state index is 14.7. The number of nitrogens with zero attached hydrogens (tertiary/aromatic N) is 2. The number of anilines is 1. The van der Waals surface area contributed by atoms with Crippen molar-refractivity contribution in [2.45, 2.75) is 62.6 Å². The highest BCUT2D eigenvalue weighted by Crippen LogP contribution is 2.28. The summed E-state index contributed by atoms with van der Waals surface area (Å²) in [6, 6.07) is 28.8. The van der Waals surface area contributed by atoms with Crippen LogP contribution in [0.3, 0.4) is 0 Å². The smallest absolute Gasteiger partial charge is 0.264 e. The predicted octanol–water partition coefficient (Wildman–Crippen LogP) is 6.55. The molecule has 8 nitrogen and oxygen atoms in total. The van der Waals surface area contributed by atoms with Gasteiger partial charge in [0.2, 0.25) is 11.8 Å². The third-order valence-electron chi connectivity index (χ3n) is 8.44. The monoisotopic (exact) mass is 673 g/mol. The minimum absolute atomic E-state index is 0.0269. The number of carbonyl (C=O) groups excluding carboxylic acids is 2. The zero-order valence-corrected chi connectivity index (χ0v) is 28.2. The van der Waals surface area contributed by atoms with Gasteiger partial charge in [-0.1, -0.05) is 90.7 Å². The van der Waals surface area contributed by atoms with Crippen LogP contribution in [0.25, 0.3) is 0 Å². The van der Waals surface area contributed by atoms with Crippen molar-refractivity contribution in [3.05, 3.63) is 125 Å². The largest absolute Gasteiger partial charge is 0.497 e. The van der Waals surface area contributed by atoms with Crippen molar-refractivity contribution in [2.75, 3.05) is 18.0 Å². The van der Waals surface area contributed by atoms with E-state index in [0.29, 0.717) is 16.3 Å². The van der Waals surface area contributed by atoms with Crippen molar-refractivity contribution in [2.24, 2.45) is 0 Å². The summed E-state index contributed by atoms with van der Waals surface area (Å²) in [7, 11) is -2.73. The molecular weight excluding hydrogens is 634 g/mol. The topological polar surface area (TPSA) is 96.0 Å². The number of hydrogen-bond donors (Lipinski definition) is 1. The molecule has 0 bridgehead atoms. The van der Waals surface area contributed by atoms with Gasteiger partial charge in [-0.2, -0.15) is 0 Å². The molecule has 0 radical (unpaired) electrons.